The van der Waals surface area contributed by atoms with Crippen LogP contribution < -0.4 is 5.73 Å². The monoisotopic (exact) mass is 295 g/mol. The minimum atomic E-state index is -2.84. The Morgan fingerprint density at radius 2 is 2.16 bits per heavy atom. The number of sulfone groups is 1. The van der Waals surface area contributed by atoms with E-state index in [0.717, 1.165) is 6.42 Å². The zero-order valence-corrected chi connectivity index (χ0v) is 12.2. The zero-order valence-electron chi connectivity index (χ0n) is 10.6. The maximum atomic E-state index is 11.5. The first-order valence-corrected chi connectivity index (χ1v) is 9.16. The van der Waals surface area contributed by atoms with Crippen LogP contribution in [0.15, 0.2) is 29.6 Å². The van der Waals surface area contributed by atoms with Gasteiger partial charge in [-0.2, -0.15) is 0 Å². The summed E-state index contributed by atoms with van der Waals surface area (Å²) in [6, 6.07) is 8.22. The Kier molecular flexibility index (Phi) is 3.37. The summed E-state index contributed by atoms with van der Waals surface area (Å²) in [6.07, 6.45) is 1.48. The number of fused-ring (bicyclic) bond motifs is 1. The number of benzene rings is 1. The molecule has 2 aromatic rings. The summed E-state index contributed by atoms with van der Waals surface area (Å²) in [5.74, 6) is 0.676. The molecular formula is C14H17NO2S2. The molecule has 0 radical (unpaired) electrons. The molecular weight excluding hydrogens is 278 g/mol. The number of thiophene rings is 1. The van der Waals surface area contributed by atoms with Gasteiger partial charge in [-0.15, -0.1) is 11.3 Å². The van der Waals surface area contributed by atoms with Crippen LogP contribution in [0.25, 0.3) is 10.1 Å². The van der Waals surface area contributed by atoms with Gasteiger partial charge in [0.05, 0.1) is 11.5 Å². The molecule has 3 rings (SSSR count). The SMILES string of the molecule is NC(Cc1csc2ccccc12)C1CCS(=O)(=O)C1. The third-order valence-electron chi connectivity index (χ3n) is 3.89. The van der Waals surface area contributed by atoms with Gasteiger partial charge in [-0.1, -0.05) is 18.2 Å². The minimum Gasteiger partial charge on any atom is -0.327 e. The highest BCUT2D eigenvalue weighted by molar-refractivity contribution is 7.91. The molecule has 19 heavy (non-hydrogen) atoms. The number of hydrogen-bond donors (Lipinski definition) is 1. The maximum Gasteiger partial charge on any atom is 0.150 e. The van der Waals surface area contributed by atoms with E-state index in [9.17, 15) is 8.42 Å². The van der Waals surface area contributed by atoms with Crippen LogP contribution >= 0.6 is 11.3 Å². The van der Waals surface area contributed by atoms with Gasteiger partial charge in [-0.05, 0) is 41.2 Å². The van der Waals surface area contributed by atoms with Crippen LogP contribution in [0.5, 0.6) is 0 Å². The van der Waals surface area contributed by atoms with E-state index in [-0.39, 0.29) is 17.7 Å². The zero-order chi connectivity index (χ0) is 13.5. The van der Waals surface area contributed by atoms with E-state index in [4.69, 9.17) is 5.73 Å². The summed E-state index contributed by atoms with van der Waals surface area (Å²) < 4.78 is 24.3. The Labute approximate surface area is 117 Å². The van der Waals surface area contributed by atoms with Crippen molar-refractivity contribution in [2.24, 2.45) is 11.7 Å². The first-order chi connectivity index (χ1) is 9.05. The van der Waals surface area contributed by atoms with E-state index in [1.54, 1.807) is 11.3 Å². The third kappa shape index (κ3) is 2.68. The van der Waals surface area contributed by atoms with Gasteiger partial charge < -0.3 is 5.73 Å². The predicted molar refractivity (Wildman–Crippen MR) is 80.3 cm³/mol. The molecule has 0 amide bonds. The average molecular weight is 295 g/mol. The molecule has 1 aromatic carbocycles. The molecule has 0 aliphatic carbocycles. The van der Waals surface area contributed by atoms with Gasteiger partial charge in [0.2, 0.25) is 0 Å². The molecule has 5 heteroatoms. The second-order valence-electron chi connectivity index (χ2n) is 5.29. The molecule has 2 unspecified atom stereocenters. The average Bonchev–Trinajstić information content (AvgIpc) is 2.94. The van der Waals surface area contributed by atoms with Crippen molar-refractivity contribution in [1.29, 1.82) is 0 Å². The second kappa shape index (κ2) is 4.89. The van der Waals surface area contributed by atoms with Crippen molar-refractivity contribution in [3.63, 3.8) is 0 Å². The molecule has 1 aliphatic rings. The van der Waals surface area contributed by atoms with E-state index in [1.807, 2.05) is 12.1 Å². The molecule has 2 N–H and O–H groups in total. The Bertz CT molecular complexity index is 690. The highest BCUT2D eigenvalue weighted by atomic mass is 32.2. The lowest BCUT2D eigenvalue weighted by Crippen LogP contribution is -2.33. The molecule has 0 saturated carbocycles. The fourth-order valence-electron chi connectivity index (χ4n) is 2.77. The van der Waals surface area contributed by atoms with Gasteiger partial charge in [0.15, 0.2) is 9.84 Å². The van der Waals surface area contributed by atoms with E-state index in [2.05, 4.69) is 17.5 Å². The summed E-state index contributed by atoms with van der Waals surface area (Å²) >= 11 is 1.72. The molecule has 1 aromatic heterocycles. The van der Waals surface area contributed by atoms with Crippen LogP contribution in [-0.2, 0) is 16.3 Å². The van der Waals surface area contributed by atoms with Crippen LogP contribution in [-0.4, -0.2) is 26.0 Å². The maximum absolute atomic E-state index is 11.5. The van der Waals surface area contributed by atoms with Crippen LogP contribution in [0, 0.1) is 5.92 Å². The lowest BCUT2D eigenvalue weighted by atomic mass is 9.94. The smallest absolute Gasteiger partial charge is 0.150 e. The second-order valence-corrected chi connectivity index (χ2v) is 8.43. The van der Waals surface area contributed by atoms with Crippen LogP contribution in [0.4, 0.5) is 0 Å². The molecule has 1 saturated heterocycles. The van der Waals surface area contributed by atoms with Gasteiger partial charge in [-0.25, -0.2) is 8.42 Å². The van der Waals surface area contributed by atoms with Gasteiger partial charge in [0, 0.05) is 10.7 Å². The lowest BCUT2D eigenvalue weighted by molar-refractivity contribution is 0.462. The van der Waals surface area contributed by atoms with Crippen molar-refractivity contribution in [3.8, 4) is 0 Å². The molecule has 0 bridgehead atoms. The number of rotatable bonds is 3. The van der Waals surface area contributed by atoms with Gasteiger partial charge in [0.1, 0.15) is 0 Å². The van der Waals surface area contributed by atoms with E-state index in [1.165, 1.54) is 15.6 Å². The van der Waals surface area contributed by atoms with Crippen molar-refractivity contribution < 1.29 is 8.42 Å². The van der Waals surface area contributed by atoms with Crippen LogP contribution in [0.2, 0.25) is 0 Å². The summed E-state index contributed by atoms with van der Waals surface area (Å²) in [5.41, 5.74) is 7.47. The molecule has 0 spiro atoms. The Hall–Kier alpha value is -0.910. The highest BCUT2D eigenvalue weighted by Gasteiger charge is 2.32. The summed E-state index contributed by atoms with van der Waals surface area (Å²) in [5, 5.41) is 3.40. The van der Waals surface area contributed by atoms with Gasteiger partial charge >= 0.3 is 0 Å². The van der Waals surface area contributed by atoms with Crippen molar-refractivity contribution in [1.82, 2.24) is 0 Å². The Balaban J connectivity index is 1.78. The molecule has 3 nitrogen and oxygen atoms in total. The van der Waals surface area contributed by atoms with Crippen LogP contribution in [0.1, 0.15) is 12.0 Å². The molecule has 2 atom stereocenters. The number of nitrogens with two attached hydrogens (primary N) is 1. The van der Waals surface area contributed by atoms with Crippen molar-refractivity contribution >= 4 is 31.3 Å². The largest absolute Gasteiger partial charge is 0.327 e. The predicted octanol–water partition coefficient (Wildman–Crippen LogP) is 2.21. The van der Waals surface area contributed by atoms with Crippen LogP contribution in [0.3, 0.4) is 0 Å². The summed E-state index contributed by atoms with van der Waals surface area (Å²) in [6.45, 7) is 0. The van der Waals surface area contributed by atoms with E-state index >= 15 is 0 Å². The Morgan fingerprint density at radius 3 is 2.89 bits per heavy atom. The van der Waals surface area contributed by atoms with Gasteiger partial charge in [0.25, 0.3) is 0 Å². The first kappa shape index (κ1) is 13.1. The molecule has 102 valence electrons. The summed E-state index contributed by atoms with van der Waals surface area (Å²) in [7, 11) is -2.84. The van der Waals surface area contributed by atoms with E-state index < -0.39 is 9.84 Å². The lowest BCUT2D eigenvalue weighted by Gasteiger charge is -2.17. The van der Waals surface area contributed by atoms with Crippen molar-refractivity contribution in [2.45, 2.75) is 18.9 Å². The fraction of sp³-hybridized carbons (Fsp3) is 0.429. The first-order valence-electron chi connectivity index (χ1n) is 6.46. The third-order valence-corrected chi connectivity index (χ3v) is 6.70. The Morgan fingerprint density at radius 1 is 1.37 bits per heavy atom. The topological polar surface area (TPSA) is 60.2 Å². The molecule has 2 heterocycles. The quantitative estimate of drug-likeness (QED) is 0.944. The highest BCUT2D eigenvalue weighted by Crippen LogP contribution is 2.29. The molecule has 1 fully saturated rings. The fourth-order valence-corrected chi connectivity index (χ4v) is 5.64. The van der Waals surface area contributed by atoms with Gasteiger partial charge in [-0.3, -0.25) is 0 Å². The summed E-state index contributed by atoms with van der Waals surface area (Å²) in [4.78, 5) is 0. The minimum absolute atomic E-state index is 0.0599. The van der Waals surface area contributed by atoms with E-state index in [0.29, 0.717) is 12.2 Å². The normalized spacial score (nSPS) is 23.7. The molecule has 1 aliphatic heterocycles. The van der Waals surface area contributed by atoms with Crippen molar-refractivity contribution in [2.75, 3.05) is 11.5 Å². The van der Waals surface area contributed by atoms with Crippen molar-refractivity contribution in [3.05, 3.63) is 35.2 Å². The number of hydrogen-bond acceptors (Lipinski definition) is 4. The standard InChI is InChI=1S/C14H17NO2S2/c15-13(10-5-6-19(16,17)9-10)7-11-8-18-14-4-2-1-3-12(11)14/h1-4,8,10,13H,5-7,9,15H2.